The Hall–Kier alpha value is -0.940. The maximum absolute atomic E-state index is 12.5. The zero-order valence-electron chi connectivity index (χ0n) is 13.7. The highest BCUT2D eigenvalue weighted by Crippen LogP contribution is 2.61. The summed E-state index contributed by atoms with van der Waals surface area (Å²) in [5.41, 5.74) is 1.14. The number of anilines is 1. The van der Waals surface area contributed by atoms with Crippen LogP contribution in [0.1, 0.15) is 44.9 Å². The molecular formula is C19H23BrN2OS. The molecule has 4 aliphatic carbocycles. The molecule has 4 bridgehead atoms. The zero-order chi connectivity index (χ0) is 16.7. The maximum atomic E-state index is 12.5. The van der Waals surface area contributed by atoms with Gasteiger partial charge < -0.3 is 10.6 Å². The van der Waals surface area contributed by atoms with E-state index in [4.69, 9.17) is 12.2 Å². The van der Waals surface area contributed by atoms with E-state index in [0.29, 0.717) is 11.5 Å². The predicted molar refractivity (Wildman–Crippen MR) is 104 cm³/mol. The normalized spacial score (nSPS) is 33.3. The molecule has 1 aromatic rings. The first-order chi connectivity index (χ1) is 11.5. The second-order valence-electron chi connectivity index (χ2n) is 8.10. The largest absolute Gasteiger partial charge is 0.332 e. The second-order valence-corrected chi connectivity index (χ2v) is 9.43. The fourth-order valence-corrected chi connectivity index (χ4v) is 6.21. The van der Waals surface area contributed by atoms with Gasteiger partial charge in [0.2, 0.25) is 5.91 Å². The van der Waals surface area contributed by atoms with Crippen molar-refractivity contribution in [1.82, 2.24) is 5.32 Å². The van der Waals surface area contributed by atoms with Crippen molar-refractivity contribution >= 4 is 44.9 Å². The van der Waals surface area contributed by atoms with Crippen LogP contribution in [-0.2, 0) is 4.79 Å². The van der Waals surface area contributed by atoms with E-state index in [2.05, 4.69) is 26.6 Å². The number of benzene rings is 1. The molecule has 1 amide bonds. The SMILES string of the molecule is O=C(CC12CC3CC(CC(C3)C1)C2)NC(=S)Nc1ccc(Br)cc1. The average molecular weight is 407 g/mol. The van der Waals surface area contributed by atoms with Crippen LogP contribution in [0.3, 0.4) is 0 Å². The van der Waals surface area contributed by atoms with Crippen LogP contribution >= 0.6 is 28.1 Å². The number of rotatable bonds is 3. The van der Waals surface area contributed by atoms with Gasteiger partial charge in [-0.1, -0.05) is 15.9 Å². The van der Waals surface area contributed by atoms with Crippen LogP contribution in [-0.4, -0.2) is 11.0 Å². The number of carbonyl (C=O) groups excluding carboxylic acids is 1. The maximum Gasteiger partial charge on any atom is 0.226 e. The molecular weight excluding hydrogens is 384 g/mol. The van der Waals surface area contributed by atoms with Gasteiger partial charge in [0, 0.05) is 16.6 Å². The Balaban J connectivity index is 1.33. The van der Waals surface area contributed by atoms with Gasteiger partial charge in [0.25, 0.3) is 0 Å². The van der Waals surface area contributed by atoms with Gasteiger partial charge in [-0.2, -0.15) is 0 Å². The lowest BCUT2D eigenvalue weighted by atomic mass is 9.49. The molecule has 0 aromatic heterocycles. The molecule has 128 valence electrons. The lowest BCUT2D eigenvalue weighted by molar-refractivity contribution is -0.127. The highest BCUT2D eigenvalue weighted by atomic mass is 79.9. The summed E-state index contributed by atoms with van der Waals surface area (Å²) in [6.07, 6.45) is 8.61. The van der Waals surface area contributed by atoms with Crippen molar-refractivity contribution in [3.8, 4) is 0 Å². The van der Waals surface area contributed by atoms with Gasteiger partial charge >= 0.3 is 0 Å². The van der Waals surface area contributed by atoms with Crippen LogP contribution < -0.4 is 10.6 Å². The summed E-state index contributed by atoms with van der Waals surface area (Å²) in [6.45, 7) is 0. The minimum absolute atomic E-state index is 0.0755. The van der Waals surface area contributed by atoms with Crippen molar-refractivity contribution in [1.29, 1.82) is 0 Å². The third-order valence-corrected chi connectivity index (χ3v) is 6.79. The number of carbonyl (C=O) groups is 1. The average Bonchev–Trinajstić information content (AvgIpc) is 2.47. The summed E-state index contributed by atoms with van der Waals surface area (Å²) < 4.78 is 1.02. The molecule has 0 saturated heterocycles. The molecule has 0 atom stereocenters. The number of amides is 1. The first-order valence-electron chi connectivity index (χ1n) is 8.86. The van der Waals surface area contributed by atoms with Crippen LogP contribution in [0.5, 0.6) is 0 Å². The van der Waals surface area contributed by atoms with E-state index >= 15 is 0 Å². The number of hydrogen-bond donors (Lipinski definition) is 2. The monoisotopic (exact) mass is 406 g/mol. The van der Waals surface area contributed by atoms with Gasteiger partial charge in [-0.3, -0.25) is 4.79 Å². The Kier molecular flexibility index (Phi) is 4.42. The third-order valence-electron chi connectivity index (χ3n) is 6.06. The smallest absolute Gasteiger partial charge is 0.226 e. The Labute approximate surface area is 157 Å². The Morgan fingerprint density at radius 1 is 1.08 bits per heavy atom. The van der Waals surface area contributed by atoms with Crippen molar-refractivity contribution < 1.29 is 4.79 Å². The standard InChI is InChI=1S/C19H23BrN2OS/c20-15-1-3-16(4-2-15)21-18(24)22-17(23)11-19-8-12-5-13(9-19)7-14(6-12)10-19/h1-4,12-14H,5-11H2,(H2,21,22,23,24). The first-order valence-corrected chi connectivity index (χ1v) is 10.1. The lowest BCUT2D eigenvalue weighted by Gasteiger charge is -2.56. The zero-order valence-corrected chi connectivity index (χ0v) is 16.1. The Bertz CT molecular complexity index is 623. The third kappa shape index (κ3) is 3.52. The number of thiocarbonyl (C=S) groups is 1. The van der Waals surface area contributed by atoms with Gasteiger partial charge in [-0.15, -0.1) is 0 Å². The highest BCUT2D eigenvalue weighted by Gasteiger charge is 2.51. The Morgan fingerprint density at radius 3 is 2.17 bits per heavy atom. The molecule has 0 heterocycles. The van der Waals surface area contributed by atoms with Gasteiger partial charge in [0.1, 0.15) is 0 Å². The predicted octanol–water partition coefficient (Wildman–Crippen LogP) is 4.87. The molecule has 0 unspecified atom stereocenters. The molecule has 0 radical (unpaired) electrons. The van der Waals surface area contributed by atoms with E-state index in [1.807, 2.05) is 24.3 Å². The fraction of sp³-hybridized carbons (Fsp3) is 0.579. The topological polar surface area (TPSA) is 41.1 Å². The van der Waals surface area contributed by atoms with Crippen LogP contribution in [0.25, 0.3) is 0 Å². The molecule has 3 nitrogen and oxygen atoms in total. The van der Waals surface area contributed by atoms with E-state index in [9.17, 15) is 4.79 Å². The van der Waals surface area contributed by atoms with Crippen molar-refractivity contribution in [2.45, 2.75) is 44.9 Å². The number of nitrogens with one attached hydrogen (secondary N) is 2. The summed E-state index contributed by atoms with van der Waals surface area (Å²) in [6, 6.07) is 7.76. The van der Waals surface area contributed by atoms with Crippen LogP contribution in [0.15, 0.2) is 28.7 Å². The van der Waals surface area contributed by atoms with Crippen LogP contribution in [0.4, 0.5) is 5.69 Å². The minimum atomic E-state index is 0.0755. The fourth-order valence-electron chi connectivity index (χ4n) is 5.71. The molecule has 1 aromatic carbocycles. The molecule has 0 aliphatic heterocycles. The van der Waals surface area contributed by atoms with Gasteiger partial charge in [0.05, 0.1) is 0 Å². The molecule has 4 fully saturated rings. The van der Waals surface area contributed by atoms with E-state index in [1.54, 1.807) is 0 Å². The van der Waals surface area contributed by atoms with E-state index in [0.717, 1.165) is 27.9 Å². The minimum Gasteiger partial charge on any atom is -0.332 e. The van der Waals surface area contributed by atoms with Gasteiger partial charge in [-0.05, 0) is 98.2 Å². The summed E-state index contributed by atoms with van der Waals surface area (Å²) in [5.74, 6) is 2.69. The molecule has 2 N–H and O–H groups in total. The summed E-state index contributed by atoms with van der Waals surface area (Å²) in [4.78, 5) is 12.5. The van der Waals surface area contributed by atoms with Crippen molar-refractivity contribution in [3.63, 3.8) is 0 Å². The van der Waals surface area contributed by atoms with E-state index in [-0.39, 0.29) is 11.3 Å². The quantitative estimate of drug-likeness (QED) is 0.703. The van der Waals surface area contributed by atoms with Gasteiger partial charge in [0.15, 0.2) is 5.11 Å². The molecule has 24 heavy (non-hydrogen) atoms. The summed E-state index contributed by atoms with van der Waals surface area (Å²) >= 11 is 8.71. The molecule has 0 spiro atoms. The van der Waals surface area contributed by atoms with Crippen LogP contribution in [0.2, 0.25) is 0 Å². The molecule has 5 rings (SSSR count). The number of halogens is 1. The van der Waals surface area contributed by atoms with Gasteiger partial charge in [-0.25, -0.2) is 0 Å². The molecule has 4 aliphatic rings. The van der Waals surface area contributed by atoms with Crippen molar-refractivity contribution in [3.05, 3.63) is 28.7 Å². The molecule has 5 heteroatoms. The van der Waals surface area contributed by atoms with Crippen molar-refractivity contribution in [2.75, 3.05) is 5.32 Å². The van der Waals surface area contributed by atoms with Crippen LogP contribution in [0, 0.1) is 23.2 Å². The Morgan fingerprint density at radius 2 is 1.62 bits per heavy atom. The van der Waals surface area contributed by atoms with Crippen molar-refractivity contribution in [2.24, 2.45) is 23.2 Å². The summed E-state index contributed by atoms with van der Waals surface area (Å²) in [7, 11) is 0. The first kappa shape index (κ1) is 16.5. The highest BCUT2D eigenvalue weighted by molar-refractivity contribution is 9.10. The molecule has 4 saturated carbocycles. The second kappa shape index (κ2) is 6.41. The van der Waals surface area contributed by atoms with E-state index < -0.39 is 0 Å². The number of hydrogen-bond acceptors (Lipinski definition) is 2. The van der Waals surface area contributed by atoms with E-state index in [1.165, 1.54) is 38.5 Å². The lowest BCUT2D eigenvalue weighted by Crippen LogP contribution is -2.48. The summed E-state index contributed by atoms with van der Waals surface area (Å²) in [5, 5.41) is 6.37.